The SMILES string of the molecule is CC.CC.CC.CC(C)COc1cc(C(C)NC(=O)OC(C)(C)C)ccc1F. The molecule has 0 radical (unpaired) electrons. The molecule has 0 aliphatic heterocycles. The van der Waals surface area contributed by atoms with Crippen LogP contribution in [0.3, 0.4) is 0 Å². The van der Waals surface area contributed by atoms with Crippen LogP contribution in [-0.2, 0) is 4.74 Å². The summed E-state index contributed by atoms with van der Waals surface area (Å²) in [4.78, 5) is 11.8. The van der Waals surface area contributed by atoms with Crippen molar-refractivity contribution in [3.05, 3.63) is 29.6 Å². The highest BCUT2D eigenvalue weighted by atomic mass is 19.1. The van der Waals surface area contributed by atoms with Gasteiger partial charge in [-0.1, -0.05) is 61.5 Å². The average molecular weight is 402 g/mol. The summed E-state index contributed by atoms with van der Waals surface area (Å²) in [6, 6.07) is 4.27. The molecule has 1 amide bonds. The van der Waals surface area contributed by atoms with E-state index in [1.165, 1.54) is 6.07 Å². The number of alkyl carbamates (subject to hydrolysis) is 1. The van der Waals surface area contributed by atoms with E-state index in [-0.39, 0.29) is 11.8 Å². The van der Waals surface area contributed by atoms with E-state index in [0.29, 0.717) is 12.5 Å². The van der Waals surface area contributed by atoms with E-state index in [1.807, 2.05) is 62.3 Å². The molecule has 28 heavy (non-hydrogen) atoms. The Bertz CT molecular complexity index is 511. The summed E-state index contributed by atoms with van der Waals surface area (Å²) in [5.74, 6) is 0.0956. The fourth-order valence-corrected chi connectivity index (χ4v) is 1.72. The molecule has 1 aromatic rings. The van der Waals surface area contributed by atoms with Crippen LogP contribution in [-0.4, -0.2) is 18.3 Å². The molecule has 0 aliphatic rings. The summed E-state index contributed by atoms with van der Waals surface area (Å²) in [6.07, 6.45) is -0.506. The second-order valence-corrected chi connectivity index (χ2v) is 6.76. The maximum absolute atomic E-state index is 13.7. The van der Waals surface area contributed by atoms with Crippen molar-refractivity contribution >= 4 is 6.09 Å². The van der Waals surface area contributed by atoms with Crippen molar-refractivity contribution in [1.82, 2.24) is 5.32 Å². The number of carbonyl (C=O) groups excluding carboxylic acids is 1. The smallest absolute Gasteiger partial charge is 0.408 e. The normalized spacial score (nSPS) is 10.8. The number of benzene rings is 1. The Hall–Kier alpha value is -1.78. The number of rotatable bonds is 5. The van der Waals surface area contributed by atoms with Gasteiger partial charge in [0.25, 0.3) is 0 Å². The number of ether oxygens (including phenoxy) is 2. The van der Waals surface area contributed by atoms with Gasteiger partial charge in [0.15, 0.2) is 11.6 Å². The molecule has 1 atom stereocenters. The lowest BCUT2D eigenvalue weighted by Crippen LogP contribution is -2.34. The van der Waals surface area contributed by atoms with Gasteiger partial charge in [-0.2, -0.15) is 0 Å². The highest BCUT2D eigenvalue weighted by Gasteiger charge is 2.19. The summed E-state index contributed by atoms with van der Waals surface area (Å²) >= 11 is 0. The first-order valence-corrected chi connectivity index (χ1v) is 10.5. The predicted molar refractivity (Wildman–Crippen MR) is 119 cm³/mol. The van der Waals surface area contributed by atoms with Gasteiger partial charge < -0.3 is 14.8 Å². The molecule has 0 aromatic heterocycles. The van der Waals surface area contributed by atoms with Gasteiger partial charge in [-0.25, -0.2) is 9.18 Å². The van der Waals surface area contributed by atoms with Crippen LogP contribution in [0.4, 0.5) is 9.18 Å². The van der Waals surface area contributed by atoms with Crippen molar-refractivity contribution in [1.29, 1.82) is 0 Å². The molecule has 0 spiro atoms. The molecule has 5 heteroatoms. The molecule has 0 fully saturated rings. The lowest BCUT2D eigenvalue weighted by Gasteiger charge is -2.22. The second-order valence-electron chi connectivity index (χ2n) is 6.76. The molecule has 0 saturated heterocycles. The van der Waals surface area contributed by atoms with Crippen molar-refractivity contribution in [2.75, 3.05) is 6.61 Å². The van der Waals surface area contributed by atoms with E-state index in [1.54, 1.807) is 32.9 Å². The van der Waals surface area contributed by atoms with Crippen molar-refractivity contribution < 1.29 is 18.7 Å². The van der Waals surface area contributed by atoms with Crippen molar-refractivity contribution in [3.8, 4) is 5.75 Å². The number of nitrogens with one attached hydrogen (secondary N) is 1. The van der Waals surface area contributed by atoms with Crippen LogP contribution in [0.15, 0.2) is 18.2 Å². The van der Waals surface area contributed by atoms with Gasteiger partial charge in [0.2, 0.25) is 0 Å². The Kier molecular flexibility index (Phi) is 19.1. The largest absolute Gasteiger partial charge is 0.490 e. The average Bonchev–Trinajstić information content (AvgIpc) is 2.64. The molecule has 0 heterocycles. The third-order valence-corrected chi connectivity index (χ3v) is 2.76. The number of halogens is 1. The molecule has 0 bridgehead atoms. The van der Waals surface area contributed by atoms with E-state index >= 15 is 0 Å². The second kappa shape index (κ2) is 17.3. The van der Waals surface area contributed by atoms with Crippen molar-refractivity contribution in [2.45, 2.75) is 94.7 Å². The van der Waals surface area contributed by atoms with E-state index in [9.17, 15) is 9.18 Å². The number of hydrogen-bond acceptors (Lipinski definition) is 3. The topological polar surface area (TPSA) is 47.6 Å². The van der Waals surface area contributed by atoms with Crippen LogP contribution < -0.4 is 10.1 Å². The zero-order valence-corrected chi connectivity index (χ0v) is 20.2. The Morgan fingerprint density at radius 2 is 1.54 bits per heavy atom. The quantitative estimate of drug-likeness (QED) is 0.555. The van der Waals surface area contributed by atoms with E-state index in [4.69, 9.17) is 9.47 Å². The molecule has 0 aliphatic carbocycles. The molecule has 166 valence electrons. The van der Waals surface area contributed by atoms with Gasteiger partial charge in [0.1, 0.15) is 5.60 Å². The Balaban J connectivity index is -0.000000946. The third kappa shape index (κ3) is 15.3. The number of amides is 1. The molecular formula is C23H44FNO3. The van der Waals surface area contributed by atoms with Gasteiger partial charge in [-0.3, -0.25) is 0 Å². The first-order chi connectivity index (χ1) is 13.1. The summed E-state index contributed by atoms with van der Waals surface area (Å²) < 4.78 is 24.4. The minimum atomic E-state index is -0.557. The van der Waals surface area contributed by atoms with Gasteiger partial charge >= 0.3 is 6.09 Å². The van der Waals surface area contributed by atoms with E-state index in [0.717, 1.165) is 5.56 Å². The first-order valence-electron chi connectivity index (χ1n) is 10.5. The minimum Gasteiger partial charge on any atom is -0.490 e. The van der Waals surface area contributed by atoms with Gasteiger partial charge in [0, 0.05) is 0 Å². The van der Waals surface area contributed by atoms with E-state index in [2.05, 4.69) is 5.32 Å². The summed E-state index contributed by atoms with van der Waals surface area (Å²) in [5.41, 5.74) is 0.198. The molecule has 1 aromatic carbocycles. The number of hydrogen-bond donors (Lipinski definition) is 1. The van der Waals surface area contributed by atoms with Crippen LogP contribution in [0, 0.1) is 11.7 Å². The number of carbonyl (C=O) groups is 1. The van der Waals surface area contributed by atoms with Gasteiger partial charge in [-0.05, 0) is 51.3 Å². The van der Waals surface area contributed by atoms with E-state index < -0.39 is 17.5 Å². The monoisotopic (exact) mass is 401 g/mol. The zero-order chi connectivity index (χ0) is 22.9. The van der Waals surface area contributed by atoms with Crippen LogP contribution in [0.2, 0.25) is 0 Å². The molecule has 4 nitrogen and oxygen atoms in total. The zero-order valence-electron chi connectivity index (χ0n) is 20.2. The highest BCUT2D eigenvalue weighted by molar-refractivity contribution is 5.68. The van der Waals surface area contributed by atoms with Crippen molar-refractivity contribution in [3.63, 3.8) is 0 Å². The lowest BCUT2D eigenvalue weighted by molar-refractivity contribution is 0.0508. The van der Waals surface area contributed by atoms with Crippen molar-refractivity contribution in [2.24, 2.45) is 5.92 Å². The third-order valence-electron chi connectivity index (χ3n) is 2.76. The van der Waals surface area contributed by atoms with Crippen LogP contribution in [0.1, 0.15) is 94.7 Å². The maximum Gasteiger partial charge on any atom is 0.408 e. The summed E-state index contributed by atoms with van der Waals surface area (Å²) in [5, 5.41) is 2.73. The predicted octanol–water partition coefficient (Wildman–Crippen LogP) is 7.52. The molecule has 0 saturated carbocycles. The molecule has 1 unspecified atom stereocenters. The minimum absolute atomic E-state index is 0.198. The van der Waals surface area contributed by atoms with Gasteiger partial charge in [0.05, 0.1) is 12.6 Å². The molecular weight excluding hydrogens is 357 g/mol. The Labute approximate surface area is 173 Å². The lowest BCUT2D eigenvalue weighted by atomic mass is 10.1. The summed E-state index contributed by atoms with van der Waals surface area (Å²) in [7, 11) is 0. The molecule has 1 N–H and O–H groups in total. The van der Waals surface area contributed by atoms with Crippen LogP contribution >= 0.6 is 0 Å². The summed E-state index contributed by atoms with van der Waals surface area (Å²) in [6.45, 7) is 23.6. The van der Waals surface area contributed by atoms with Crippen LogP contribution in [0.25, 0.3) is 0 Å². The fraction of sp³-hybridized carbons (Fsp3) is 0.696. The Morgan fingerprint density at radius 1 is 1.04 bits per heavy atom. The first kappa shape index (κ1) is 30.9. The maximum atomic E-state index is 13.7. The Morgan fingerprint density at radius 3 is 1.96 bits per heavy atom. The van der Waals surface area contributed by atoms with Crippen LogP contribution in [0.5, 0.6) is 5.75 Å². The standard InChI is InChI=1S/C17H26FNO3.3C2H6/c1-11(2)10-21-15-9-13(7-8-14(15)18)12(3)19-16(20)22-17(4,5)6;3*1-2/h7-9,11-12H,10H2,1-6H3,(H,19,20);3*1-2H3. The fourth-order valence-electron chi connectivity index (χ4n) is 1.72. The van der Waals surface area contributed by atoms with Gasteiger partial charge in [-0.15, -0.1) is 0 Å². The molecule has 1 rings (SSSR count). The highest BCUT2D eigenvalue weighted by Crippen LogP contribution is 2.23.